The van der Waals surface area contributed by atoms with Crippen LogP contribution in [0.15, 0.2) is 24.3 Å². The van der Waals surface area contributed by atoms with Crippen molar-refractivity contribution < 1.29 is 28.8 Å². The number of ether oxygens (including phenoxy) is 1. The zero-order chi connectivity index (χ0) is 27.5. The maximum atomic E-state index is 13.1. The van der Waals surface area contributed by atoms with Crippen LogP contribution in [-0.2, 0) is 30.3 Å². The van der Waals surface area contributed by atoms with Crippen LogP contribution in [0.4, 0.5) is 5.69 Å². The van der Waals surface area contributed by atoms with Crippen LogP contribution < -0.4 is 16.0 Å². The Labute approximate surface area is 217 Å². The number of nitro groups is 1. The molecule has 37 heavy (non-hydrogen) atoms. The topological polar surface area (TPSA) is 157 Å². The summed E-state index contributed by atoms with van der Waals surface area (Å²) in [7, 11) is 0. The van der Waals surface area contributed by atoms with Crippen molar-refractivity contribution in [3.8, 4) is 0 Å². The summed E-state index contributed by atoms with van der Waals surface area (Å²) in [4.78, 5) is 62.5. The zero-order valence-electron chi connectivity index (χ0n) is 22.0. The quantitative estimate of drug-likeness (QED) is 0.196. The molecule has 1 aliphatic heterocycles. The summed E-state index contributed by atoms with van der Waals surface area (Å²) in [5.41, 5.74) is 0.500. The Hall–Kier alpha value is -3.50. The van der Waals surface area contributed by atoms with Gasteiger partial charge in [-0.1, -0.05) is 52.2 Å². The van der Waals surface area contributed by atoms with E-state index in [1.165, 1.54) is 31.2 Å². The van der Waals surface area contributed by atoms with Crippen LogP contribution in [0.2, 0.25) is 0 Å². The molecule has 11 heteroatoms. The van der Waals surface area contributed by atoms with Crippen LogP contribution in [-0.4, -0.2) is 52.8 Å². The molecule has 1 aliphatic rings. The Morgan fingerprint density at radius 1 is 1.03 bits per heavy atom. The number of unbranched alkanes of at least 4 members (excludes halogenated alkanes) is 2. The monoisotopic (exact) mass is 518 g/mol. The predicted molar refractivity (Wildman–Crippen MR) is 136 cm³/mol. The van der Waals surface area contributed by atoms with Gasteiger partial charge in [0.1, 0.15) is 24.2 Å². The van der Waals surface area contributed by atoms with Crippen molar-refractivity contribution >= 4 is 29.4 Å². The molecule has 0 bridgehead atoms. The van der Waals surface area contributed by atoms with Crippen LogP contribution in [0.3, 0.4) is 0 Å². The van der Waals surface area contributed by atoms with Crippen LogP contribution in [0.5, 0.6) is 0 Å². The average molecular weight is 519 g/mol. The smallest absolute Gasteiger partial charge is 0.329 e. The average Bonchev–Trinajstić information content (AvgIpc) is 2.86. The van der Waals surface area contributed by atoms with Gasteiger partial charge in [0, 0.05) is 18.6 Å². The largest absolute Gasteiger partial charge is 0.460 e. The van der Waals surface area contributed by atoms with Crippen LogP contribution in [0.1, 0.15) is 71.8 Å². The molecule has 204 valence electrons. The molecule has 1 aromatic rings. The number of non-ortho nitro benzene ring substituents is 1. The summed E-state index contributed by atoms with van der Waals surface area (Å²) in [6, 6.07) is 2.74. The Balaban J connectivity index is 2.33. The maximum Gasteiger partial charge on any atom is 0.329 e. The summed E-state index contributed by atoms with van der Waals surface area (Å²) in [6.45, 7) is 7.25. The van der Waals surface area contributed by atoms with E-state index in [0.717, 1.165) is 19.3 Å². The molecule has 5 atom stereocenters. The van der Waals surface area contributed by atoms with E-state index >= 15 is 0 Å². The number of carbonyl (C=O) groups is 4. The van der Waals surface area contributed by atoms with Crippen molar-refractivity contribution in [1.82, 2.24) is 16.0 Å². The lowest BCUT2D eigenvalue weighted by Gasteiger charge is -2.26. The van der Waals surface area contributed by atoms with Gasteiger partial charge in [-0.25, -0.2) is 4.79 Å². The summed E-state index contributed by atoms with van der Waals surface area (Å²) in [6.07, 6.45) is 2.92. The second-order valence-corrected chi connectivity index (χ2v) is 9.61. The van der Waals surface area contributed by atoms with E-state index in [4.69, 9.17) is 4.74 Å². The molecule has 1 aromatic carbocycles. The Bertz CT molecular complexity index is 966. The number of hydrogen-bond acceptors (Lipinski definition) is 7. The summed E-state index contributed by atoms with van der Waals surface area (Å²) in [5.74, 6) is -2.41. The first kappa shape index (κ1) is 29.7. The molecule has 3 amide bonds. The number of cyclic esters (lactones) is 1. The highest BCUT2D eigenvalue weighted by Gasteiger charge is 2.33. The molecule has 0 saturated carbocycles. The SMILES string of the molecule is CCCCC[C@@H]1CC(=O)N[C@@H](Cc2ccc([N+](=O)[O-])cc2)C(=O)N[C@@H](C)C(=O)N[C@H]([C@@H](C)CC)C(=O)O1. The fourth-order valence-electron chi connectivity index (χ4n) is 4.05. The van der Waals surface area contributed by atoms with Gasteiger partial charge in [0.05, 0.1) is 11.3 Å². The first-order chi connectivity index (χ1) is 17.5. The van der Waals surface area contributed by atoms with E-state index in [1.807, 2.05) is 20.8 Å². The first-order valence-corrected chi connectivity index (χ1v) is 12.9. The molecular weight excluding hydrogens is 480 g/mol. The summed E-state index contributed by atoms with van der Waals surface area (Å²) < 4.78 is 5.73. The minimum atomic E-state index is -1.04. The summed E-state index contributed by atoms with van der Waals surface area (Å²) >= 11 is 0. The number of hydrogen-bond donors (Lipinski definition) is 3. The maximum absolute atomic E-state index is 13.1. The van der Waals surface area contributed by atoms with Crippen molar-refractivity contribution in [2.24, 2.45) is 5.92 Å². The lowest BCUT2D eigenvalue weighted by atomic mass is 9.98. The van der Waals surface area contributed by atoms with Crippen molar-refractivity contribution in [1.29, 1.82) is 0 Å². The van der Waals surface area contributed by atoms with Crippen LogP contribution in [0.25, 0.3) is 0 Å². The zero-order valence-corrected chi connectivity index (χ0v) is 22.0. The van der Waals surface area contributed by atoms with Gasteiger partial charge in [-0.2, -0.15) is 0 Å². The fourth-order valence-corrected chi connectivity index (χ4v) is 4.05. The highest BCUT2D eigenvalue weighted by atomic mass is 16.6. The van der Waals surface area contributed by atoms with E-state index in [9.17, 15) is 29.3 Å². The number of nitro benzene ring substituents is 1. The highest BCUT2D eigenvalue weighted by Crippen LogP contribution is 2.17. The summed E-state index contributed by atoms with van der Waals surface area (Å²) in [5, 5.41) is 19.0. The van der Waals surface area contributed by atoms with Crippen LogP contribution >= 0.6 is 0 Å². The minimum absolute atomic E-state index is 0.0552. The van der Waals surface area contributed by atoms with E-state index in [2.05, 4.69) is 16.0 Å². The molecule has 0 aliphatic carbocycles. The number of nitrogens with zero attached hydrogens (tertiary/aromatic N) is 1. The van der Waals surface area contributed by atoms with Crippen LogP contribution in [0, 0.1) is 16.0 Å². The minimum Gasteiger partial charge on any atom is -0.460 e. The van der Waals surface area contributed by atoms with E-state index in [1.54, 1.807) is 0 Å². The van der Waals surface area contributed by atoms with Gasteiger partial charge in [0.15, 0.2) is 0 Å². The van der Waals surface area contributed by atoms with Gasteiger partial charge in [0.25, 0.3) is 5.69 Å². The molecule has 0 aromatic heterocycles. The van der Waals surface area contributed by atoms with Gasteiger partial charge >= 0.3 is 5.97 Å². The molecule has 1 fully saturated rings. The van der Waals surface area contributed by atoms with Gasteiger partial charge in [0.2, 0.25) is 17.7 Å². The third kappa shape index (κ3) is 9.14. The first-order valence-electron chi connectivity index (χ1n) is 12.9. The predicted octanol–water partition coefficient (Wildman–Crippen LogP) is 2.55. The number of esters is 1. The van der Waals surface area contributed by atoms with Crippen molar-refractivity contribution in [2.45, 2.75) is 96.9 Å². The molecule has 11 nitrogen and oxygen atoms in total. The Morgan fingerprint density at radius 3 is 2.30 bits per heavy atom. The van der Waals surface area contributed by atoms with Gasteiger partial charge in [-0.15, -0.1) is 0 Å². The number of amides is 3. The van der Waals surface area contributed by atoms with Gasteiger partial charge < -0.3 is 20.7 Å². The van der Waals surface area contributed by atoms with Gasteiger partial charge in [-0.05, 0) is 31.2 Å². The third-order valence-electron chi connectivity index (χ3n) is 6.58. The third-order valence-corrected chi connectivity index (χ3v) is 6.58. The van der Waals surface area contributed by atoms with E-state index in [-0.39, 0.29) is 24.4 Å². The molecular formula is C26H38N4O7. The number of nitrogens with one attached hydrogen (secondary N) is 3. The van der Waals surface area contributed by atoms with Crippen molar-refractivity contribution in [3.05, 3.63) is 39.9 Å². The molecule has 3 N–H and O–H groups in total. The second-order valence-electron chi connectivity index (χ2n) is 9.61. The number of rotatable bonds is 9. The molecule has 0 radical (unpaired) electrons. The molecule has 0 spiro atoms. The second kappa shape index (κ2) is 14.3. The number of benzene rings is 1. The normalized spacial score (nSPS) is 24.3. The molecule has 1 heterocycles. The molecule has 2 rings (SSSR count). The van der Waals surface area contributed by atoms with E-state index in [0.29, 0.717) is 18.4 Å². The van der Waals surface area contributed by atoms with Crippen molar-refractivity contribution in [2.75, 3.05) is 0 Å². The van der Waals surface area contributed by atoms with Gasteiger partial charge in [-0.3, -0.25) is 24.5 Å². The Morgan fingerprint density at radius 2 is 1.70 bits per heavy atom. The number of carbonyl (C=O) groups excluding carboxylic acids is 4. The lowest BCUT2D eigenvalue weighted by molar-refractivity contribution is -0.384. The van der Waals surface area contributed by atoms with Crippen molar-refractivity contribution in [3.63, 3.8) is 0 Å². The fraction of sp³-hybridized carbons (Fsp3) is 0.615. The molecule has 1 saturated heterocycles. The highest BCUT2D eigenvalue weighted by molar-refractivity contribution is 5.94. The molecule has 0 unspecified atom stereocenters. The lowest BCUT2D eigenvalue weighted by Crippen LogP contribution is -2.55. The standard InChI is InChI=1S/C26H38N4O7/c1-5-7-8-9-20-15-22(31)28-21(14-18-10-12-19(13-11-18)30(35)36)25(33)27-17(4)24(32)29-23(16(3)6-2)26(34)37-20/h10-13,16-17,20-21,23H,5-9,14-15H2,1-4H3,(H,27,33)(H,28,31)(H,29,32)/t16-,17-,20+,21-,23+/m0/s1. The Kier molecular flexibility index (Phi) is 11.5. The van der Waals surface area contributed by atoms with E-state index < -0.39 is 52.8 Å².